The Balaban J connectivity index is 1.33. The first-order valence-electron chi connectivity index (χ1n) is 10.7. The molecule has 8 heteroatoms. The van der Waals surface area contributed by atoms with Crippen molar-refractivity contribution in [3.63, 3.8) is 0 Å². The monoisotopic (exact) mass is 458 g/mol. The minimum Gasteiger partial charge on any atom is -0.467 e. The van der Waals surface area contributed by atoms with Gasteiger partial charge in [-0.05, 0) is 46.9 Å². The molecule has 33 heavy (non-hydrogen) atoms. The summed E-state index contributed by atoms with van der Waals surface area (Å²) in [6.07, 6.45) is 3.06. The topological polar surface area (TPSA) is 104 Å². The molecule has 0 saturated carbocycles. The molecule has 1 aliphatic carbocycles. The molecule has 2 aromatic heterocycles. The first-order chi connectivity index (χ1) is 16.1. The van der Waals surface area contributed by atoms with Crippen LogP contribution in [0, 0.1) is 0 Å². The minimum atomic E-state index is -0.398. The van der Waals surface area contributed by atoms with Crippen molar-refractivity contribution in [2.45, 2.75) is 31.0 Å². The maximum absolute atomic E-state index is 13.0. The Hall–Kier alpha value is -3.65. The molecule has 2 aromatic carbocycles. The molecule has 0 aliphatic heterocycles. The molecule has 0 atom stereocenters. The summed E-state index contributed by atoms with van der Waals surface area (Å²) in [4.78, 5) is 24.3. The molecular weight excluding hydrogens is 436 g/mol. The maximum Gasteiger partial charge on any atom is 0.217 e. The van der Waals surface area contributed by atoms with Gasteiger partial charge in [-0.2, -0.15) is 0 Å². The van der Waals surface area contributed by atoms with E-state index in [9.17, 15) is 9.59 Å². The summed E-state index contributed by atoms with van der Waals surface area (Å²) in [5.74, 6) is 1.23. The molecule has 166 valence electrons. The van der Waals surface area contributed by atoms with Crippen LogP contribution in [0.3, 0.4) is 0 Å². The highest BCUT2D eigenvalue weighted by Gasteiger charge is 2.21. The summed E-state index contributed by atoms with van der Waals surface area (Å²) < 4.78 is 7.34. The zero-order valence-corrected chi connectivity index (χ0v) is 18.7. The quantitative estimate of drug-likeness (QED) is 0.266. The predicted octanol–water partition coefficient (Wildman–Crippen LogP) is 3.88. The second-order valence-electron chi connectivity index (χ2n) is 7.95. The Kier molecular flexibility index (Phi) is 5.83. The third-order valence-corrected chi connectivity index (χ3v) is 6.70. The van der Waals surface area contributed by atoms with E-state index in [1.54, 1.807) is 6.26 Å². The molecule has 2 heterocycles. The molecule has 1 amide bonds. The maximum atomic E-state index is 13.0. The van der Waals surface area contributed by atoms with E-state index in [-0.39, 0.29) is 18.0 Å². The van der Waals surface area contributed by atoms with Crippen LogP contribution in [0.5, 0.6) is 0 Å². The Morgan fingerprint density at radius 2 is 1.88 bits per heavy atom. The molecule has 0 saturated heterocycles. The van der Waals surface area contributed by atoms with Crippen LogP contribution in [-0.4, -0.2) is 32.2 Å². The van der Waals surface area contributed by atoms with Crippen molar-refractivity contribution < 1.29 is 14.0 Å². The fourth-order valence-corrected chi connectivity index (χ4v) is 4.92. The Morgan fingerprint density at radius 1 is 1.03 bits per heavy atom. The number of thioether (sulfide) groups is 1. The number of amides is 1. The van der Waals surface area contributed by atoms with Crippen LogP contribution < -0.4 is 5.73 Å². The van der Waals surface area contributed by atoms with Crippen LogP contribution in [-0.2, 0) is 24.2 Å². The van der Waals surface area contributed by atoms with Crippen LogP contribution in [0.1, 0.15) is 39.5 Å². The second kappa shape index (κ2) is 9.07. The molecule has 0 spiro atoms. The van der Waals surface area contributed by atoms with Crippen molar-refractivity contribution in [1.82, 2.24) is 14.8 Å². The van der Waals surface area contributed by atoms with E-state index in [0.717, 1.165) is 17.7 Å². The van der Waals surface area contributed by atoms with Gasteiger partial charge >= 0.3 is 0 Å². The van der Waals surface area contributed by atoms with Gasteiger partial charge in [-0.1, -0.05) is 48.2 Å². The zero-order chi connectivity index (χ0) is 22.8. The average molecular weight is 459 g/mol. The highest BCUT2D eigenvalue weighted by atomic mass is 32.2. The molecule has 4 aromatic rings. The standard InChI is InChI=1S/C25H22N4O3S/c26-23(31)9-10-24-27-28-25(29(24)14-19-5-3-11-32-19)33-15-22(30)18-8-7-17-12-16-4-1-2-6-20(16)21(17)13-18/h1-8,11,13H,9-10,12,14-15H2,(H2,26,31). The molecule has 7 nitrogen and oxygen atoms in total. The third-order valence-electron chi connectivity index (χ3n) is 5.74. The molecule has 0 unspecified atom stereocenters. The number of benzene rings is 2. The van der Waals surface area contributed by atoms with Gasteiger partial charge < -0.3 is 10.2 Å². The first-order valence-corrected chi connectivity index (χ1v) is 11.7. The Labute approximate surface area is 195 Å². The highest BCUT2D eigenvalue weighted by Crippen LogP contribution is 2.37. The van der Waals surface area contributed by atoms with Crippen molar-refractivity contribution in [3.05, 3.63) is 89.1 Å². The lowest BCUT2D eigenvalue weighted by atomic mass is 10.0. The number of aryl methyl sites for hydroxylation is 1. The number of Topliss-reactive ketones (excluding diaryl/α,β-unsaturated/α-hetero) is 1. The Bertz CT molecular complexity index is 1330. The van der Waals surface area contributed by atoms with Crippen LogP contribution in [0.15, 0.2) is 70.4 Å². The van der Waals surface area contributed by atoms with Crippen molar-refractivity contribution >= 4 is 23.5 Å². The zero-order valence-electron chi connectivity index (χ0n) is 17.9. The fraction of sp³-hybridized carbons (Fsp3) is 0.200. The van der Waals surface area contributed by atoms with Gasteiger partial charge in [-0.3, -0.25) is 14.2 Å². The molecule has 1 aliphatic rings. The highest BCUT2D eigenvalue weighted by molar-refractivity contribution is 7.99. The summed E-state index contributed by atoms with van der Waals surface area (Å²) in [6, 6.07) is 17.9. The van der Waals surface area contributed by atoms with E-state index >= 15 is 0 Å². The Morgan fingerprint density at radius 3 is 2.70 bits per heavy atom. The van der Waals surface area contributed by atoms with E-state index in [4.69, 9.17) is 10.2 Å². The van der Waals surface area contributed by atoms with Crippen LogP contribution in [0.2, 0.25) is 0 Å². The van der Waals surface area contributed by atoms with E-state index in [0.29, 0.717) is 29.5 Å². The summed E-state index contributed by atoms with van der Waals surface area (Å²) in [7, 11) is 0. The van der Waals surface area contributed by atoms with E-state index < -0.39 is 5.91 Å². The van der Waals surface area contributed by atoms with Crippen molar-refractivity contribution in [3.8, 4) is 11.1 Å². The summed E-state index contributed by atoms with van der Waals surface area (Å²) in [5, 5.41) is 9.08. The van der Waals surface area contributed by atoms with E-state index in [1.165, 1.54) is 28.5 Å². The number of hydrogen-bond acceptors (Lipinski definition) is 6. The normalized spacial score (nSPS) is 11.9. The fourth-order valence-electron chi connectivity index (χ4n) is 4.07. The number of fused-ring (bicyclic) bond motifs is 3. The minimum absolute atomic E-state index is 0.0263. The van der Waals surface area contributed by atoms with Crippen LogP contribution in [0.25, 0.3) is 11.1 Å². The van der Waals surface area contributed by atoms with Crippen LogP contribution >= 0.6 is 11.8 Å². The van der Waals surface area contributed by atoms with Gasteiger partial charge in [0, 0.05) is 18.4 Å². The number of nitrogens with zero attached hydrogens (tertiary/aromatic N) is 3. The number of furan rings is 1. The largest absolute Gasteiger partial charge is 0.467 e. The number of rotatable bonds is 9. The molecule has 5 rings (SSSR count). The lowest BCUT2D eigenvalue weighted by molar-refractivity contribution is -0.118. The second-order valence-corrected chi connectivity index (χ2v) is 8.89. The molecular formula is C25H22N4O3S. The lowest BCUT2D eigenvalue weighted by Crippen LogP contribution is -2.14. The molecule has 2 N–H and O–H groups in total. The van der Waals surface area contributed by atoms with Gasteiger partial charge in [-0.25, -0.2) is 0 Å². The predicted molar refractivity (Wildman–Crippen MR) is 125 cm³/mol. The number of carbonyl (C=O) groups excluding carboxylic acids is 2. The summed E-state index contributed by atoms with van der Waals surface area (Å²) in [6.45, 7) is 0.417. The van der Waals surface area contributed by atoms with Gasteiger partial charge in [0.15, 0.2) is 10.9 Å². The SMILES string of the molecule is NC(=O)CCc1nnc(SCC(=O)c2ccc3c(c2)-c2ccccc2C3)n1Cc1ccco1. The first kappa shape index (κ1) is 21.2. The smallest absolute Gasteiger partial charge is 0.217 e. The average Bonchev–Trinajstić information content (AvgIpc) is 3.55. The number of primary amides is 1. The number of carbonyl (C=O) groups is 2. The van der Waals surface area contributed by atoms with E-state index in [1.807, 2.05) is 41.0 Å². The summed E-state index contributed by atoms with van der Waals surface area (Å²) >= 11 is 1.33. The van der Waals surface area contributed by atoms with Crippen molar-refractivity contribution in [1.29, 1.82) is 0 Å². The lowest BCUT2D eigenvalue weighted by Gasteiger charge is -2.09. The summed E-state index contributed by atoms with van der Waals surface area (Å²) in [5.41, 5.74) is 10.9. The molecule has 0 fully saturated rings. The van der Waals surface area contributed by atoms with E-state index in [2.05, 4.69) is 28.4 Å². The van der Waals surface area contributed by atoms with Crippen molar-refractivity contribution in [2.24, 2.45) is 5.73 Å². The van der Waals surface area contributed by atoms with Crippen molar-refractivity contribution in [2.75, 3.05) is 5.75 Å². The number of ketones is 1. The molecule has 0 bridgehead atoms. The van der Waals surface area contributed by atoms with Gasteiger partial charge in [0.05, 0.1) is 18.6 Å². The van der Waals surface area contributed by atoms with Gasteiger partial charge in [-0.15, -0.1) is 10.2 Å². The third kappa shape index (κ3) is 4.47. The molecule has 0 radical (unpaired) electrons. The number of aromatic nitrogens is 3. The number of nitrogens with two attached hydrogens (primary N) is 1. The number of hydrogen-bond donors (Lipinski definition) is 1. The van der Waals surface area contributed by atoms with Crippen LogP contribution in [0.4, 0.5) is 0 Å². The van der Waals surface area contributed by atoms with Gasteiger partial charge in [0.25, 0.3) is 0 Å². The van der Waals surface area contributed by atoms with Gasteiger partial charge in [0.2, 0.25) is 5.91 Å². The van der Waals surface area contributed by atoms with Gasteiger partial charge in [0.1, 0.15) is 11.6 Å².